The Bertz CT molecular complexity index is 1220. The van der Waals surface area contributed by atoms with E-state index in [1.807, 2.05) is 0 Å². The second-order valence-electron chi connectivity index (χ2n) is 11.0. The molecule has 2 aromatic rings. The highest BCUT2D eigenvalue weighted by Gasteiger charge is 2.42. The number of aliphatic carboxylic acids is 2. The van der Waals surface area contributed by atoms with Gasteiger partial charge < -0.3 is 20.4 Å². The number of para-hydroxylation sites is 2. The molecule has 4 rings (SSSR count). The van der Waals surface area contributed by atoms with Crippen molar-refractivity contribution in [3.63, 3.8) is 0 Å². The van der Waals surface area contributed by atoms with E-state index in [4.69, 9.17) is 0 Å². The predicted molar refractivity (Wildman–Crippen MR) is 160 cm³/mol. The molecule has 0 bridgehead atoms. The lowest BCUT2D eigenvalue weighted by Gasteiger charge is -2.31. The fourth-order valence-electron chi connectivity index (χ4n) is 6.00. The van der Waals surface area contributed by atoms with Crippen LogP contribution in [-0.4, -0.2) is 77.6 Å². The van der Waals surface area contributed by atoms with Crippen molar-refractivity contribution < 1.29 is 39.6 Å². The van der Waals surface area contributed by atoms with Crippen LogP contribution >= 0.6 is 21.6 Å². The second-order valence-corrected chi connectivity index (χ2v) is 13.2. The highest BCUT2D eigenvalue weighted by Crippen LogP contribution is 2.42. The summed E-state index contributed by atoms with van der Waals surface area (Å²) in [5, 5.41) is 39.7. The van der Waals surface area contributed by atoms with Gasteiger partial charge in [-0.15, -0.1) is 0 Å². The van der Waals surface area contributed by atoms with Crippen LogP contribution in [0.2, 0.25) is 0 Å². The summed E-state index contributed by atoms with van der Waals surface area (Å²) < 4.78 is 0. The van der Waals surface area contributed by atoms with Crippen LogP contribution in [0.25, 0.3) is 0 Å². The van der Waals surface area contributed by atoms with Crippen molar-refractivity contribution in [2.75, 3.05) is 13.1 Å². The summed E-state index contributed by atoms with van der Waals surface area (Å²) in [5.74, 6) is -2.98. The summed E-state index contributed by atoms with van der Waals surface area (Å²) in [7, 11) is 1.62. The van der Waals surface area contributed by atoms with Crippen LogP contribution in [0.5, 0.6) is 11.5 Å². The van der Waals surface area contributed by atoms with E-state index in [1.54, 1.807) is 72.2 Å². The molecular weight excluding hydrogens is 580 g/mol. The number of hydrogen-bond donors (Lipinski definition) is 4. The molecule has 4 N–H and O–H groups in total. The first-order valence-corrected chi connectivity index (χ1v) is 16.1. The molecule has 0 amide bonds. The van der Waals surface area contributed by atoms with Crippen LogP contribution in [0.15, 0.2) is 48.5 Å². The van der Waals surface area contributed by atoms with Gasteiger partial charge in [0.05, 0.1) is 0 Å². The molecule has 12 heteroatoms. The van der Waals surface area contributed by atoms with E-state index in [2.05, 4.69) is 0 Å². The lowest BCUT2D eigenvalue weighted by atomic mass is 10.0. The summed E-state index contributed by atoms with van der Waals surface area (Å²) in [6, 6.07) is 11.3. The number of aromatic hydroxyl groups is 2. The van der Waals surface area contributed by atoms with Gasteiger partial charge in [-0.05, 0) is 59.4 Å². The van der Waals surface area contributed by atoms with Gasteiger partial charge in [0, 0.05) is 48.1 Å². The molecular formula is C30H36N2O8S2. The first-order valence-electron chi connectivity index (χ1n) is 13.9. The predicted octanol–water partition coefficient (Wildman–Crippen LogP) is 4.69. The topological polar surface area (TPSA) is 156 Å². The minimum absolute atomic E-state index is 0.0786. The maximum Gasteiger partial charge on any atom is 0.320 e. The molecule has 2 aliphatic rings. The fraction of sp³-hybridized carbons (Fsp3) is 0.467. The number of benzene rings is 2. The largest absolute Gasteiger partial charge is 0.508 e. The van der Waals surface area contributed by atoms with Crippen molar-refractivity contribution in [2.24, 2.45) is 11.8 Å². The molecule has 6 atom stereocenters. The van der Waals surface area contributed by atoms with E-state index < -0.39 is 35.9 Å². The molecule has 226 valence electrons. The van der Waals surface area contributed by atoms with Gasteiger partial charge in [-0.2, -0.15) is 0 Å². The van der Waals surface area contributed by atoms with Crippen LogP contribution in [0.3, 0.4) is 0 Å². The lowest BCUT2D eigenvalue weighted by molar-refractivity contribution is -0.144. The zero-order valence-electron chi connectivity index (χ0n) is 23.5. The van der Waals surface area contributed by atoms with E-state index >= 15 is 0 Å². The van der Waals surface area contributed by atoms with E-state index in [-0.39, 0.29) is 46.9 Å². The van der Waals surface area contributed by atoms with Crippen LogP contribution in [0.1, 0.15) is 62.7 Å². The Balaban J connectivity index is 1.37. The Kier molecular flexibility index (Phi) is 10.6. The average molecular weight is 617 g/mol. The molecule has 0 radical (unpaired) electrons. The van der Waals surface area contributed by atoms with Gasteiger partial charge in [0.2, 0.25) is 10.2 Å². The summed E-state index contributed by atoms with van der Waals surface area (Å²) in [4.78, 5) is 53.5. The number of phenols is 2. The Labute approximate surface area is 252 Å². The highest BCUT2D eigenvalue weighted by molar-refractivity contribution is 8.87. The lowest BCUT2D eigenvalue weighted by Crippen LogP contribution is -2.41. The number of carbonyl (C=O) groups excluding carboxylic acids is 2. The third kappa shape index (κ3) is 7.11. The third-order valence-corrected chi connectivity index (χ3v) is 10.6. The van der Waals surface area contributed by atoms with E-state index in [0.717, 1.165) is 21.6 Å². The zero-order valence-corrected chi connectivity index (χ0v) is 25.1. The fourth-order valence-corrected chi connectivity index (χ4v) is 8.12. The van der Waals surface area contributed by atoms with Gasteiger partial charge in [-0.25, -0.2) is 0 Å². The number of phenolic OH excluding ortho intramolecular Hbond substituents is 2. The minimum Gasteiger partial charge on any atom is -0.508 e. The maximum absolute atomic E-state index is 13.1. The number of hydrogen-bond acceptors (Lipinski definition) is 10. The van der Waals surface area contributed by atoms with Crippen LogP contribution in [0, 0.1) is 11.8 Å². The first kappa shape index (κ1) is 31.9. The molecule has 2 saturated heterocycles. The smallest absolute Gasteiger partial charge is 0.320 e. The quantitative estimate of drug-likeness (QED) is 0.274. The van der Waals surface area contributed by atoms with Gasteiger partial charge >= 0.3 is 11.9 Å². The number of rotatable bonds is 10. The normalized spacial score (nSPS) is 24.3. The highest BCUT2D eigenvalue weighted by atomic mass is 33.1. The van der Waals surface area contributed by atoms with Gasteiger partial charge in [0.15, 0.2) is 0 Å². The molecule has 0 saturated carbocycles. The molecule has 0 aliphatic carbocycles. The first-order chi connectivity index (χ1) is 20.0. The molecule has 42 heavy (non-hydrogen) atoms. The number of likely N-dealkylation sites (tertiary alicyclic amines) is 2. The summed E-state index contributed by atoms with van der Waals surface area (Å²) in [6.07, 6.45) is 1.84. The molecule has 0 aromatic heterocycles. The van der Waals surface area contributed by atoms with Gasteiger partial charge in [0.25, 0.3) is 0 Å². The van der Waals surface area contributed by atoms with Crippen molar-refractivity contribution in [2.45, 2.75) is 63.7 Å². The van der Waals surface area contributed by atoms with Gasteiger partial charge in [-0.3, -0.25) is 29.0 Å². The van der Waals surface area contributed by atoms with Gasteiger partial charge in [-0.1, -0.05) is 50.2 Å². The molecule has 4 unspecified atom stereocenters. The molecule has 10 nitrogen and oxygen atoms in total. The molecule has 2 heterocycles. The van der Waals surface area contributed by atoms with Gasteiger partial charge in [0.1, 0.15) is 23.6 Å². The van der Waals surface area contributed by atoms with E-state index in [1.165, 1.54) is 0 Å². The molecule has 2 fully saturated rings. The molecule has 2 aromatic carbocycles. The van der Waals surface area contributed by atoms with Crippen molar-refractivity contribution in [1.82, 2.24) is 9.80 Å². The Morgan fingerprint density at radius 3 is 1.38 bits per heavy atom. The SMILES string of the molecule is C[C@@H](CN1C(C(=O)O)CCC1c1ccccc1O)C(=O)SSC(=O)[C@@H](C)CN1C(C(=O)O)CCC1c1ccccc1O. The zero-order chi connectivity index (χ0) is 30.6. The standard InChI is InChI=1S/C30H36N2O8S2/c1-17(15-31-21(11-13-23(31)27(35)36)19-7-3-5-9-25(19)33)29(39)41-42-30(40)18(2)16-32-22(12-14-24(32)28(37)38)20-8-4-6-10-26(20)34/h3-10,17-18,21-24,33-34H,11-16H2,1-2H3,(H,35,36)(H,37,38)/t17-,18-,21?,22?,23?,24?/m0/s1. The summed E-state index contributed by atoms with van der Waals surface area (Å²) >= 11 is 0. The van der Waals surface area contributed by atoms with Crippen molar-refractivity contribution in [1.29, 1.82) is 0 Å². The number of carboxylic acids is 2. The minimum atomic E-state index is -0.984. The van der Waals surface area contributed by atoms with E-state index in [9.17, 15) is 39.6 Å². The van der Waals surface area contributed by atoms with Crippen molar-refractivity contribution in [3.05, 3.63) is 59.7 Å². The number of carboxylic acid groups (broad SMARTS) is 2. The maximum atomic E-state index is 13.1. The van der Waals surface area contributed by atoms with Crippen LogP contribution < -0.4 is 0 Å². The monoisotopic (exact) mass is 616 g/mol. The van der Waals surface area contributed by atoms with Crippen LogP contribution in [0.4, 0.5) is 0 Å². The van der Waals surface area contributed by atoms with Crippen molar-refractivity contribution in [3.8, 4) is 11.5 Å². The Hall–Kier alpha value is -3.06. The molecule has 2 aliphatic heterocycles. The second kappa shape index (κ2) is 13.9. The number of carbonyl (C=O) groups is 4. The van der Waals surface area contributed by atoms with Crippen LogP contribution in [-0.2, 0) is 19.2 Å². The summed E-state index contributed by atoms with van der Waals surface area (Å²) in [5.41, 5.74) is 1.24. The summed E-state index contributed by atoms with van der Waals surface area (Å²) in [6.45, 7) is 3.70. The Morgan fingerprint density at radius 1 is 0.690 bits per heavy atom. The number of nitrogens with zero attached hydrogens (tertiary/aromatic N) is 2. The third-order valence-electron chi connectivity index (χ3n) is 8.17. The Morgan fingerprint density at radius 2 is 1.05 bits per heavy atom. The van der Waals surface area contributed by atoms with Crippen molar-refractivity contribution >= 4 is 43.8 Å². The molecule has 0 spiro atoms. The van der Waals surface area contributed by atoms with E-state index in [0.29, 0.717) is 36.8 Å². The average Bonchev–Trinajstić information content (AvgIpc) is 3.56.